The van der Waals surface area contributed by atoms with E-state index in [1.165, 1.54) is 11.1 Å². The van der Waals surface area contributed by atoms with Crippen LogP contribution in [-0.2, 0) is 11.2 Å². The molecule has 2 aromatic heterocycles. The van der Waals surface area contributed by atoms with Crippen LogP contribution in [0.5, 0.6) is 0 Å². The van der Waals surface area contributed by atoms with Crippen LogP contribution in [0.25, 0.3) is 16.1 Å². The molecule has 0 saturated heterocycles. The van der Waals surface area contributed by atoms with Crippen molar-refractivity contribution in [1.82, 2.24) is 14.7 Å². The van der Waals surface area contributed by atoms with Crippen molar-refractivity contribution in [2.24, 2.45) is 0 Å². The van der Waals surface area contributed by atoms with E-state index in [-0.39, 0.29) is 11.9 Å². The van der Waals surface area contributed by atoms with E-state index in [0.29, 0.717) is 6.42 Å². The van der Waals surface area contributed by atoms with Gasteiger partial charge in [-0.1, -0.05) is 54.6 Å². The van der Waals surface area contributed by atoms with Gasteiger partial charge in [-0.3, -0.25) is 9.20 Å². The molecule has 0 spiro atoms. The summed E-state index contributed by atoms with van der Waals surface area (Å²) in [6, 6.07) is 18.5. The number of nitrogens with one attached hydrogen (secondary N) is 1. The molecule has 4 rings (SSSR count). The molecule has 0 aliphatic carbocycles. The summed E-state index contributed by atoms with van der Waals surface area (Å²) in [6.07, 6.45) is 4.15. The number of carbonyl (C=O) groups excluding carboxylic acids is 1. The molecule has 1 amide bonds. The first kappa shape index (κ1) is 16.5. The number of fused-ring (bicyclic) bond motifs is 1. The molecule has 4 aromatic rings. The average Bonchev–Trinajstić information content (AvgIpc) is 3.24. The van der Waals surface area contributed by atoms with Crippen LogP contribution >= 0.6 is 11.3 Å². The van der Waals surface area contributed by atoms with Gasteiger partial charge < -0.3 is 5.32 Å². The van der Waals surface area contributed by atoms with Crippen LogP contribution in [-0.4, -0.2) is 15.3 Å². The van der Waals surface area contributed by atoms with Crippen molar-refractivity contribution in [3.8, 4) is 11.1 Å². The normalized spacial score (nSPS) is 12.2. The molecule has 0 aliphatic rings. The Balaban J connectivity index is 1.40. The summed E-state index contributed by atoms with van der Waals surface area (Å²) in [5, 5.41) is 5.04. The van der Waals surface area contributed by atoms with Crippen LogP contribution in [0.15, 0.2) is 72.4 Å². The molecule has 5 heteroatoms. The first-order valence-corrected chi connectivity index (χ1v) is 9.43. The lowest BCUT2D eigenvalue weighted by molar-refractivity contribution is -0.121. The Morgan fingerprint density at radius 2 is 1.85 bits per heavy atom. The highest BCUT2D eigenvalue weighted by molar-refractivity contribution is 7.15. The maximum atomic E-state index is 12.3. The smallest absolute Gasteiger partial charge is 0.226 e. The fraction of sp³-hybridized carbons (Fsp3) is 0.143. The van der Waals surface area contributed by atoms with Crippen molar-refractivity contribution in [2.75, 3.05) is 0 Å². The van der Waals surface area contributed by atoms with E-state index in [1.54, 1.807) is 11.3 Å². The lowest BCUT2D eigenvalue weighted by atomic mass is 10.0. The molecule has 0 unspecified atom stereocenters. The molecule has 0 saturated carbocycles. The van der Waals surface area contributed by atoms with Crippen LogP contribution in [0, 0.1) is 0 Å². The van der Waals surface area contributed by atoms with Crippen LogP contribution in [0.2, 0.25) is 0 Å². The first-order valence-electron chi connectivity index (χ1n) is 8.55. The van der Waals surface area contributed by atoms with Crippen molar-refractivity contribution in [1.29, 1.82) is 0 Å². The molecular formula is C21H19N3OS. The number of hydrogen-bond donors (Lipinski definition) is 1. The van der Waals surface area contributed by atoms with E-state index in [4.69, 9.17) is 0 Å². The molecule has 2 heterocycles. The lowest BCUT2D eigenvalue weighted by Crippen LogP contribution is -2.28. The van der Waals surface area contributed by atoms with Crippen molar-refractivity contribution >= 4 is 22.2 Å². The van der Waals surface area contributed by atoms with Gasteiger partial charge in [-0.05, 0) is 23.6 Å². The molecular weight excluding hydrogens is 342 g/mol. The van der Waals surface area contributed by atoms with E-state index in [9.17, 15) is 4.79 Å². The predicted molar refractivity (Wildman–Crippen MR) is 105 cm³/mol. The number of carbonyl (C=O) groups is 1. The molecule has 4 nitrogen and oxygen atoms in total. The Labute approximate surface area is 156 Å². The number of nitrogens with zero attached hydrogens (tertiary/aromatic N) is 2. The van der Waals surface area contributed by atoms with Crippen LogP contribution in [0.4, 0.5) is 0 Å². The third kappa shape index (κ3) is 3.53. The van der Waals surface area contributed by atoms with Crippen molar-refractivity contribution in [3.63, 3.8) is 0 Å². The standard InChI is InChI=1S/C21H19N3OS/c1-15(16-7-9-18(10-8-16)17-5-3-2-4-6-17)22-20(25)13-19-14-24-11-12-26-21(24)23-19/h2-12,14-15H,13H2,1H3,(H,22,25)/t15-/m1/s1. The molecule has 26 heavy (non-hydrogen) atoms. The van der Waals surface area contributed by atoms with Gasteiger partial charge in [0.2, 0.25) is 5.91 Å². The van der Waals surface area contributed by atoms with E-state index in [2.05, 4.69) is 46.7 Å². The largest absolute Gasteiger partial charge is 0.349 e. The number of rotatable bonds is 5. The van der Waals surface area contributed by atoms with E-state index in [0.717, 1.165) is 16.2 Å². The maximum absolute atomic E-state index is 12.3. The summed E-state index contributed by atoms with van der Waals surface area (Å²) in [6.45, 7) is 2.00. The Kier molecular flexibility index (Phi) is 4.54. The number of benzene rings is 2. The fourth-order valence-corrected chi connectivity index (χ4v) is 3.72. The minimum atomic E-state index is -0.0453. The van der Waals surface area contributed by atoms with E-state index >= 15 is 0 Å². The molecule has 0 fully saturated rings. The number of thiazole rings is 1. The summed E-state index contributed by atoms with van der Waals surface area (Å²) < 4.78 is 1.94. The topological polar surface area (TPSA) is 46.4 Å². The number of hydrogen-bond acceptors (Lipinski definition) is 3. The average molecular weight is 361 g/mol. The maximum Gasteiger partial charge on any atom is 0.226 e. The number of aromatic nitrogens is 2. The minimum Gasteiger partial charge on any atom is -0.349 e. The van der Waals surface area contributed by atoms with Crippen molar-refractivity contribution in [2.45, 2.75) is 19.4 Å². The van der Waals surface area contributed by atoms with Gasteiger partial charge in [-0.15, -0.1) is 11.3 Å². The summed E-state index contributed by atoms with van der Waals surface area (Å²) in [5.74, 6) is -0.0182. The Bertz CT molecular complexity index is 990. The third-order valence-electron chi connectivity index (χ3n) is 4.38. The molecule has 0 aliphatic heterocycles. The number of amides is 1. The van der Waals surface area contributed by atoms with Crippen molar-refractivity contribution < 1.29 is 4.79 Å². The molecule has 1 atom stereocenters. The zero-order valence-electron chi connectivity index (χ0n) is 14.4. The highest BCUT2D eigenvalue weighted by atomic mass is 32.1. The summed E-state index contributed by atoms with van der Waals surface area (Å²) in [4.78, 5) is 17.7. The van der Waals surface area contributed by atoms with Crippen LogP contribution in [0.3, 0.4) is 0 Å². The van der Waals surface area contributed by atoms with Gasteiger partial charge >= 0.3 is 0 Å². The van der Waals surface area contributed by atoms with Gasteiger partial charge in [0.25, 0.3) is 0 Å². The van der Waals surface area contributed by atoms with Gasteiger partial charge in [-0.2, -0.15) is 0 Å². The highest BCUT2D eigenvalue weighted by Crippen LogP contribution is 2.22. The Hall–Kier alpha value is -2.92. The molecule has 1 N–H and O–H groups in total. The SMILES string of the molecule is C[C@@H](NC(=O)Cc1cn2ccsc2n1)c1ccc(-c2ccccc2)cc1. The van der Waals surface area contributed by atoms with Gasteiger partial charge in [-0.25, -0.2) is 4.98 Å². The van der Waals surface area contributed by atoms with Crippen molar-refractivity contribution in [3.05, 3.63) is 83.6 Å². The second kappa shape index (κ2) is 7.14. The molecule has 0 radical (unpaired) electrons. The second-order valence-corrected chi connectivity index (χ2v) is 7.15. The quantitative estimate of drug-likeness (QED) is 0.569. The van der Waals surface area contributed by atoms with Gasteiger partial charge in [0.1, 0.15) is 0 Å². The fourth-order valence-electron chi connectivity index (χ4n) is 3.00. The Morgan fingerprint density at radius 1 is 1.12 bits per heavy atom. The van der Waals surface area contributed by atoms with E-state index < -0.39 is 0 Å². The second-order valence-electron chi connectivity index (χ2n) is 6.28. The summed E-state index contributed by atoms with van der Waals surface area (Å²) in [5.41, 5.74) is 4.24. The van der Waals surface area contributed by atoms with Gasteiger partial charge in [0.05, 0.1) is 18.2 Å². The molecule has 130 valence electrons. The minimum absolute atomic E-state index is 0.0182. The highest BCUT2D eigenvalue weighted by Gasteiger charge is 2.12. The van der Waals surface area contributed by atoms with E-state index in [1.807, 2.05) is 47.3 Å². The molecule has 2 aromatic carbocycles. The van der Waals surface area contributed by atoms with Gasteiger partial charge in [0.15, 0.2) is 4.96 Å². The van der Waals surface area contributed by atoms with Crippen LogP contribution in [0.1, 0.15) is 24.2 Å². The Morgan fingerprint density at radius 3 is 2.58 bits per heavy atom. The third-order valence-corrected chi connectivity index (χ3v) is 5.15. The first-order chi connectivity index (χ1) is 12.7. The zero-order chi connectivity index (χ0) is 17.9. The number of imidazole rings is 1. The molecule has 0 bridgehead atoms. The van der Waals surface area contributed by atoms with Crippen LogP contribution < -0.4 is 5.32 Å². The monoisotopic (exact) mass is 361 g/mol. The predicted octanol–water partition coefficient (Wildman–Crippen LogP) is 4.48. The zero-order valence-corrected chi connectivity index (χ0v) is 15.2. The summed E-state index contributed by atoms with van der Waals surface area (Å²) in [7, 11) is 0. The lowest BCUT2D eigenvalue weighted by Gasteiger charge is -2.14. The summed E-state index contributed by atoms with van der Waals surface area (Å²) >= 11 is 1.57. The van der Waals surface area contributed by atoms with Gasteiger partial charge in [0, 0.05) is 17.8 Å².